The number of aromatic nitrogens is 4. The topological polar surface area (TPSA) is 145 Å². The van der Waals surface area contributed by atoms with Crippen LogP contribution in [0.3, 0.4) is 0 Å². The fourth-order valence-electron chi connectivity index (χ4n) is 2.12. The number of aryl methyl sites for hydroxylation is 1. The minimum Gasteiger partial charge on any atom is -0.480 e. The van der Waals surface area contributed by atoms with E-state index in [0.29, 0.717) is 17.1 Å². The maximum atomic E-state index is 14.5. The lowest BCUT2D eigenvalue weighted by molar-refractivity contribution is -0.138. The molecule has 1 aromatic heterocycles. The number of anilines is 1. The van der Waals surface area contributed by atoms with Crippen LogP contribution in [0.25, 0.3) is 5.69 Å². The molecular formula is C17H23FN6O4S. The van der Waals surface area contributed by atoms with E-state index < -0.39 is 29.5 Å². The molecular weight excluding hydrogens is 403 g/mol. The van der Waals surface area contributed by atoms with Gasteiger partial charge in [0.05, 0.1) is 0 Å². The van der Waals surface area contributed by atoms with Gasteiger partial charge in [0.2, 0.25) is 0 Å². The van der Waals surface area contributed by atoms with Crippen molar-refractivity contribution in [3.8, 4) is 5.69 Å². The Morgan fingerprint density at radius 1 is 1.41 bits per heavy atom. The van der Waals surface area contributed by atoms with Crippen LogP contribution in [-0.2, 0) is 16.0 Å². The number of carbonyl (C=O) groups excluding carboxylic acids is 1. The number of hydrogen-bond donors (Lipinski definition) is 3. The molecule has 158 valence electrons. The molecule has 12 heteroatoms. The summed E-state index contributed by atoms with van der Waals surface area (Å²) in [6, 6.07) is 1.26. The number of hydrogen-bond acceptors (Lipinski definition) is 8. The number of aliphatic carboxylic acids is 1. The Balaban J connectivity index is 2.11. The molecule has 1 aromatic carbocycles. The summed E-state index contributed by atoms with van der Waals surface area (Å²) in [6.07, 6.45) is -0.310. The van der Waals surface area contributed by atoms with Gasteiger partial charge in [0.25, 0.3) is 0 Å². The summed E-state index contributed by atoms with van der Waals surface area (Å²) in [5.41, 5.74) is 5.45. The normalized spacial score (nSPS) is 12.4. The number of thioether (sulfide) groups is 1. The third-order valence-corrected chi connectivity index (χ3v) is 4.63. The molecule has 29 heavy (non-hydrogen) atoms. The highest BCUT2D eigenvalue weighted by Crippen LogP contribution is 2.29. The number of benzene rings is 1. The highest BCUT2D eigenvalue weighted by molar-refractivity contribution is 7.99. The first-order valence-corrected chi connectivity index (χ1v) is 9.72. The van der Waals surface area contributed by atoms with Gasteiger partial charge < -0.3 is 20.9 Å². The van der Waals surface area contributed by atoms with Gasteiger partial charge in [-0.25, -0.2) is 14.0 Å². The number of ether oxygens (including phenoxy) is 1. The van der Waals surface area contributed by atoms with Crippen molar-refractivity contribution in [2.45, 2.75) is 50.7 Å². The van der Waals surface area contributed by atoms with Gasteiger partial charge in [-0.1, -0.05) is 6.92 Å². The monoisotopic (exact) mass is 426 g/mol. The van der Waals surface area contributed by atoms with E-state index in [1.54, 1.807) is 20.8 Å². The number of carboxylic acid groups (broad SMARTS) is 1. The summed E-state index contributed by atoms with van der Waals surface area (Å²) in [4.78, 5) is 24.6. The van der Waals surface area contributed by atoms with Gasteiger partial charge >= 0.3 is 12.1 Å². The summed E-state index contributed by atoms with van der Waals surface area (Å²) < 4.78 is 19.6. The Labute approximate surface area is 171 Å². The third kappa shape index (κ3) is 6.31. The molecule has 2 aromatic rings. The maximum Gasteiger partial charge on any atom is 0.408 e. The second kappa shape index (κ2) is 9.07. The highest BCUT2D eigenvalue weighted by Gasteiger charge is 2.24. The van der Waals surface area contributed by atoms with E-state index in [-0.39, 0.29) is 17.1 Å². The summed E-state index contributed by atoms with van der Waals surface area (Å²) in [7, 11) is 0. The molecule has 0 aliphatic rings. The van der Waals surface area contributed by atoms with Gasteiger partial charge in [0.1, 0.15) is 17.3 Å². The Morgan fingerprint density at radius 3 is 2.66 bits per heavy atom. The molecule has 0 unspecified atom stereocenters. The predicted molar refractivity (Wildman–Crippen MR) is 104 cm³/mol. The second-order valence-corrected chi connectivity index (χ2v) is 8.10. The van der Waals surface area contributed by atoms with Crippen molar-refractivity contribution in [3.63, 3.8) is 0 Å². The zero-order chi connectivity index (χ0) is 21.8. The first-order chi connectivity index (χ1) is 13.5. The molecule has 1 amide bonds. The molecule has 4 N–H and O–H groups in total. The number of nitrogens with zero attached hydrogens (tertiary/aromatic N) is 4. The molecule has 1 heterocycles. The van der Waals surface area contributed by atoms with Gasteiger partial charge in [-0.05, 0) is 38.1 Å². The number of carboxylic acids is 1. The zero-order valence-electron chi connectivity index (χ0n) is 16.5. The predicted octanol–water partition coefficient (Wildman–Crippen LogP) is 2.02. The lowest BCUT2D eigenvalue weighted by Gasteiger charge is -2.22. The maximum absolute atomic E-state index is 14.5. The van der Waals surface area contributed by atoms with Gasteiger partial charge in [-0.2, -0.15) is 0 Å². The van der Waals surface area contributed by atoms with Crippen molar-refractivity contribution in [1.29, 1.82) is 0 Å². The summed E-state index contributed by atoms with van der Waals surface area (Å²) in [6.45, 7) is 6.83. The number of nitrogens with two attached hydrogens (primary N) is 1. The minimum absolute atomic E-state index is 0.0284. The molecule has 10 nitrogen and oxygen atoms in total. The number of alkyl carbamates (subject to hydrolysis) is 1. The van der Waals surface area contributed by atoms with E-state index in [2.05, 4.69) is 20.7 Å². The number of rotatable bonds is 7. The lowest BCUT2D eigenvalue weighted by atomic mass is 10.2. The summed E-state index contributed by atoms with van der Waals surface area (Å²) in [5, 5.41) is 23.2. The molecule has 0 saturated heterocycles. The number of tetrazole rings is 1. The number of amides is 1. The smallest absolute Gasteiger partial charge is 0.408 e. The Hall–Kier alpha value is -2.89. The van der Waals surface area contributed by atoms with E-state index in [0.717, 1.165) is 22.6 Å². The van der Waals surface area contributed by atoms with E-state index in [4.69, 9.17) is 10.5 Å². The molecule has 1 atom stereocenters. The molecule has 0 spiro atoms. The largest absolute Gasteiger partial charge is 0.480 e. The van der Waals surface area contributed by atoms with Crippen LogP contribution in [-0.4, -0.2) is 54.8 Å². The van der Waals surface area contributed by atoms with Crippen molar-refractivity contribution in [2.75, 3.05) is 11.5 Å². The Kier molecular flexibility index (Phi) is 7.01. The molecule has 0 saturated carbocycles. The van der Waals surface area contributed by atoms with E-state index >= 15 is 0 Å². The van der Waals surface area contributed by atoms with Crippen LogP contribution < -0.4 is 11.1 Å². The minimum atomic E-state index is -1.25. The van der Waals surface area contributed by atoms with E-state index in [1.807, 2.05) is 6.92 Å². The quantitative estimate of drug-likeness (QED) is 0.447. The summed E-state index contributed by atoms with van der Waals surface area (Å²) in [5.74, 6) is -1.52. The van der Waals surface area contributed by atoms with E-state index in [1.165, 1.54) is 6.07 Å². The van der Waals surface area contributed by atoms with Gasteiger partial charge in [-0.3, -0.25) is 0 Å². The lowest BCUT2D eigenvalue weighted by Crippen LogP contribution is -2.44. The van der Waals surface area contributed by atoms with Crippen LogP contribution in [0.1, 0.15) is 33.5 Å². The zero-order valence-corrected chi connectivity index (χ0v) is 17.3. The van der Waals surface area contributed by atoms with Crippen LogP contribution in [0.4, 0.5) is 14.9 Å². The van der Waals surface area contributed by atoms with Crippen molar-refractivity contribution in [2.24, 2.45) is 0 Å². The van der Waals surface area contributed by atoms with Gasteiger partial charge in [0.15, 0.2) is 11.6 Å². The first kappa shape index (κ1) is 22.4. The van der Waals surface area contributed by atoms with Gasteiger partial charge in [-0.15, -0.1) is 26.8 Å². The van der Waals surface area contributed by atoms with Crippen molar-refractivity contribution < 1.29 is 23.8 Å². The van der Waals surface area contributed by atoms with Crippen LogP contribution in [0.15, 0.2) is 17.0 Å². The SMILES string of the molecule is CCc1nnn(-c2cc(N)c(SC[C@H](NC(=O)OC(C)(C)C)C(=O)O)cc2F)n1. The van der Waals surface area contributed by atoms with Gasteiger partial charge in [0, 0.05) is 22.8 Å². The van der Waals surface area contributed by atoms with Crippen molar-refractivity contribution >= 4 is 29.5 Å². The number of halogens is 1. The Bertz CT molecular complexity index is 899. The van der Waals surface area contributed by atoms with Crippen LogP contribution in [0, 0.1) is 5.82 Å². The summed E-state index contributed by atoms with van der Waals surface area (Å²) >= 11 is 0.989. The molecule has 0 aliphatic heterocycles. The highest BCUT2D eigenvalue weighted by atomic mass is 32.2. The van der Waals surface area contributed by atoms with Crippen molar-refractivity contribution in [1.82, 2.24) is 25.5 Å². The number of carbonyl (C=O) groups is 2. The standard InChI is InChI=1S/C17H23FN6O4S/c1-5-14-21-23-24(22-14)12-7-10(19)13(6-9(12)18)29-8-11(15(25)26)20-16(27)28-17(2,3)4/h6-7,11H,5,8,19H2,1-4H3,(H,20,27)(H,25,26)/t11-/m0/s1. The van der Waals surface area contributed by atoms with Crippen molar-refractivity contribution in [3.05, 3.63) is 23.8 Å². The average molecular weight is 426 g/mol. The van der Waals surface area contributed by atoms with Crippen LogP contribution in [0.2, 0.25) is 0 Å². The average Bonchev–Trinajstić information content (AvgIpc) is 3.08. The van der Waals surface area contributed by atoms with Crippen LogP contribution in [0.5, 0.6) is 0 Å². The number of nitrogen functional groups attached to an aromatic ring is 1. The molecule has 0 aliphatic carbocycles. The van der Waals surface area contributed by atoms with E-state index in [9.17, 15) is 19.1 Å². The van der Waals surface area contributed by atoms with Crippen LogP contribution >= 0.6 is 11.8 Å². The fourth-order valence-corrected chi connectivity index (χ4v) is 3.11. The Morgan fingerprint density at radius 2 is 2.10 bits per heavy atom. The number of nitrogens with one attached hydrogen (secondary N) is 1. The first-order valence-electron chi connectivity index (χ1n) is 8.73. The molecule has 0 radical (unpaired) electrons. The molecule has 0 fully saturated rings. The third-order valence-electron chi connectivity index (χ3n) is 3.46. The molecule has 0 bridgehead atoms. The fraction of sp³-hybridized carbons (Fsp3) is 0.471. The molecule has 2 rings (SSSR count). The second-order valence-electron chi connectivity index (χ2n) is 7.04.